The van der Waals surface area contributed by atoms with Gasteiger partial charge in [-0.2, -0.15) is 0 Å². The van der Waals surface area contributed by atoms with Crippen molar-refractivity contribution in [3.05, 3.63) is 54.6 Å². The standard InChI is InChI=1S/C16H19Br2NS/c1-3-4-19-16(9-15-8-14(18)10-20-15)12-5-11(2)6-13(17)7-12/h5-8,10,16,19H,3-4,9H2,1-2H3. The van der Waals surface area contributed by atoms with Crippen molar-refractivity contribution >= 4 is 43.2 Å². The molecule has 2 aromatic rings. The number of nitrogens with one attached hydrogen (secondary N) is 1. The van der Waals surface area contributed by atoms with Gasteiger partial charge in [0.15, 0.2) is 0 Å². The molecule has 0 aliphatic rings. The summed E-state index contributed by atoms with van der Waals surface area (Å²) in [4.78, 5) is 1.41. The van der Waals surface area contributed by atoms with Crippen LogP contribution in [-0.2, 0) is 6.42 Å². The highest BCUT2D eigenvalue weighted by Gasteiger charge is 2.13. The summed E-state index contributed by atoms with van der Waals surface area (Å²) in [6.07, 6.45) is 2.18. The van der Waals surface area contributed by atoms with Gasteiger partial charge >= 0.3 is 0 Å². The molecular formula is C16H19Br2NS. The SMILES string of the molecule is CCCNC(Cc1cc(Br)cs1)c1cc(C)cc(Br)c1. The van der Waals surface area contributed by atoms with Crippen molar-refractivity contribution in [2.24, 2.45) is 0 Å². The molecule has 1 aromatic carbocycles. The summed E-state index contributed by atoms with van der Waals surface area (Å²) < 4.78 is 2.33. The first kappa shape index (κ1) is 16.2. The van der Waals surface area contributed by atoms with E-state index in [0.29, 0.717) is 6.04 Å². The monoisotopic (exact) mass is 415 g/mol. The van der Waals surface area contributed by atoms with E-state index in [1.165, 1.54) is 20.5 Å². The number of hydrogen-bond acceptors (Lipinski definition) is 2. The Morgan fingerprint density at radius 2 is 1.95 bits per heavy atom. The van der Waals surface area contributed by atoms with Gasteiger partial charge in [-0.3, -0.25) is 0 Å². The molecule has 0 radical (unpaired) electrons. The van der Waals surface area contributed by atoms with Crippen LogP contribution in [0.15, 0.2) is 38.6 Å². The number of thiophene rings is 1. The van der Waals surface area contributed by atoms with Crippen molar-refractivity contribution in [2.45, 2.75) is 32.7 Å². The van der Waals surface area contributed by atoms with Crippen molar-refractivity contribution in [1.29, 1.82) is 0 Å². The van der Waals surface area contributed by atoms with Gasteiger partial charge in [-0.15, -0.1) is 11.3 Å². The second-order valence-corrected chi connectivity index (χ2v) is 7.83. The summed E-state index contributed by atoms with van der Waals surface area (Å²) >= 11 is 8.96. The van der Waals surface area contributed by atoms with Gasteiger partial charge in [-0.25, -0.2) is 0 Å². The number of hydrogen-bond donors (Lipinski definition) is 1. The van der Waals surface area contributed by atoms with Gasteiger partial charge in [0, 0.05) is 31.7 Å². The molecule has 1 heterocycles. The molecule has 0 spiro atoms. The molecule has 0 aliphatic heterocycles. The summed E-state index contributed by atoms with van der Waals surface area (Å²) in [6.45, 7) is 5.40. The van der Waals surface area contributed by atoms with Gasteiger partial charge < -0.3 is 5.32 Å². The average Bonchev–Trinajstić information content (AvgIpc) is 2.79. The van der Waals surface area contributed by atoms with Crippen LogP contribution in [-0.4, -0.2) is 6.54 Å². The van der Waals surface area contributed by atoms with E-state index in [-0.39, 0.29) is 0 Å². The smallest absolute Gasteiger partial charge is 0.0369 e. The van der Waals surface area contributed by atoms with Crippen molar-refractivity contribution in [1.82, 2.24) is 5.32 Å². The average molecular weight is 417 g/mol. The lowest BCUT2D eigenvalue weighted by Crippen LogP contribution is -2.24. The van der Waals surface area contributed by atoms with Gasteiger partial charge in [-0.1, -0.05) is 28.9 Å². The van der Waals surface area contributed by atoms with Crippen molar-refractivity contribution < 1.29 is 0 Å². The minimum Gasteiger partial charge on any atom is -0.310 e. The van der Waals surface area contributed by atoms with E-state index >= 15 is 0 Å². The van der Waals surface area contributed by atoms with Crippen LogP contribution in [0.4, 0.5) is 0 Å². The molecule has 1 aromatic heterocycles. The Kier molecular flexibility index (Phi) is 6.27. The highest BCUT2D eigenvalue weighted by molar-refractivity contribution is 9.10. The molecular weight excluding hydrogens is 398 g/mol. The Balaban J connectivity index is 2.21. The lowest BCUT2D eigenvalue weighted by Gasteiger charge is -2.19. The maximum absolute atomic E-state index is 3.67. The van der Waals surface area contributed by atoms with Crippen molar-refractivity contribution in [3.63, 3.8) is 0 Å². The summed E-state index contributed by atoms with van der Waals surface area (Å²) in [6, 6.07) is 9.25. The Hall–Kier alpha value is -0.160. The third kappa shape index (κ3) is 4.69. The van der Waals surface area contributed by atoms with E-state index < -0.39 is 0 Å². The molecule has 1 nitrogen and oxygen atoms in total. The van der Waals surface area contributed by atoms with Gasteiger partial charge in [0.1, 0.15) is 0 Å². The molecule has 4 heteroatoms. The van der Waals surface area contributed by atoms with E-state index in [0.717, 1.165) is 23.9 Å². The second kappa shape index (κ2) is 7.74. The Morgan fingerprint density at radius 3 is 2.55 bits per heavy atom. The predicted octanol–water partition coefficient (Wildman–Crippen LogP) is 5.86. The quantitative estimate of drug-likeness (QED) is 0.621. The van der Waals surface area contributed by atoms with Crippen molar-refractivity contribution in [2.75, 3.05) is 6.54 Å². The minimum absolute atomic E-state index is 0.372. The summed E-state index contributed by atoms with van der Waals surface area (Å²) in [5, 5.41) is 5.82. The van der Waals surface area contributed by atoms with Crippen LogP contribution in [0, 0.1) is 6.92 Å². The summed E-state index contributed by atoms with van der Waals surface area (Å²) in [5.74, 6) is 0. The lowest BCUT2D eigenvalue weighted by molar-refractivity contribution is 0.532. The van der Waals surface area contributed by atoms with Gasteiger partial charge in [-0.05, 0) is 65.1 Å². The third-order valence-corrected chi connectivity index (χ3v) is 5.31. The fraction of sp³-hybridized carbons (Fsp3) is 0.375. The van der Waals surface area contributed by atoms with Crippen LogP contribution in [0.3, 0.4) is 0 Å². The first-order valence-electron chi connectivity index (χ1n) is 6.82. The van der Waals surface area contributed by atoms with E-state index in [4.69, 9.17) is 0 Å². The summed E-state index contributed by atoms with van der Waals surface area (Å²) in [5.41, 5.74) is 2.65. The van der Waals surface area contributed by atoms with E-state index in [2.05, 4.69) is 80.7 Å². The molecule has 2 rings (SSSR count). The topological polar surface area (TPSA) is 12.0 Å². The zero-order valence-corrected chi connectivity index (χ0v) is 15.7. The number of rotatable bonds is 6. The summed E-state index contributed by atoms with van der Waals surface area (Å²) in [7, 11) is 0. The van der Waals surface area contributed by atoms with Gasteiger partial charge in [0.25, 0.3) is 0 Å². The zero-order chi connectivity index (χ0) is 14.5. The highest BCUT2D eigenvalue weighted by Crippen LogP contribution is 2.27. The molecule has 0 saturated heterocycles. The second-order valence-electron chi connectivity index (χ2n) is 5.00. The van der Waals surface area contributed by atoms with Crippen LogP contribution >= 0.6 is 43.2 Å². The molecule has 108 valence electrons. The van der Waals surface area contributed by atoms with Crippen LogP contribution < -0.4 is 5.32 Å². The molecule has 0 fully saturated rings. The molecule has 1 atom stereocenters. The Bertz CT molecular complexity index is 545. The Labute approximate surface area is 142 Å². The molecule has 1 unspecified atom stereocenters. The van der Waals surface area contributed by atoms with Crippen molar-refractivity contribution in [3.8, 4) is 0 Å². The molecule has 0 amide bonds. The van der Waals surface area contributed by atoms with Gasteiger partial charge in [0.05, 0.1) is 0 Å². The third-order valence-electron chi connectivity index (χ3n) is 3.13. The van der Waals surface area contributed by atoms with Crippen LogP contribution in [0.25, 0.3) is 0 Å². The van der Waals surface area contributed by atoms with E-state index in [1.54, 1.807) is 0 Å². The molecule has 0 saturated carbocycles. The highest BCUT2D eigenvalue weighted by atomic mass is 79.9. The number of benzene rings is 1. The first-order valence-corrected chi connectivity index (χ1v) is 9.28. The fourth-order valence-electron chi connectivity index (χ4n) is 2.25. The molecule has 20 heavy (non-hydrogen) atoms. The lowest BCUT2D eigenvalue weighted by atomic mass is 10.0. The van der Waals surface area contributed by atoms with Crippen LogP contribution in [0.5, 0.6) is 0 Å². The zero-order valence-electron chi connectivity index (χ0n) is 11.7. The molecule has 1 N–H and O–H groups in total. The number of halogens is 2. The minimum atomic E-state index is 0.372. The fourth-order valence-corrected chi connectivity index (χ4v) is 4.38. The van der Waals surface area contributed by atoms with Gasteiger partial charge in [0.2, 0.25) is 0 Å². The predicted molar refractivity (Wildman–Crippen MR) is 95.6 cm³/mol. The molecule has 0 aliphatic carbocycles. The first-order chi connectivity index (χ1) is 9.58. The Morgan fingerprint density at radius 1 is 1.15 bits per heavy atom. The van der Waals surface area contributed by atoms with Crippen LogP contribution in [0.2, 0.25) is 0 Å². The largest absolute Gasteiger partial charge is 0.310 e. The maximum atomic E-state index is 3.67. The van der Waals surface area contributed by atoms with E-state index in [1.807, 2.05) is 11.3 Å². The number of aryl methyl sites for hydroxylation is 1. The van der Waals surface area contributed by atoms with Crippen LogP contribution in [0.1, 0.15) is 35.4 Å². The molecule has 0 bridgehead atoms. The normalized spacial score (nSPS) is 12.6. The maximum Gasteiger partial charge on any atom is 0.0369 e. The van der Waals surface area contributed by atoms with E-state index in [9.17, 15) is 0 Å².